The quantitative estimate of drug-likeness (QED) is 0.921. The number of pyridine rings is 1. The van der Waals surface area contributed by atoms with Crippen molar-refractivity contribution in [3.8, 4) is 0 Å². The number of nitrogens with zero attached hydrogens (tertiary/aromatic N) is 2. The van der Waals surface area contributed by atoms with Crippen LogP contribution in [0, 0.1) is 19.7 Å². The minimum atomic E-state index is -1.01. The molecule has 0 fully saturated rings. The van der Waals surface area contributed by atoms with Crippen LogP contribution in [0.25, 0.3) is 0 Å². The molecule has 1 aromatic carbocycles. The number of carbonyl (C=O) groups is 1. The third-order valence-corrected chi connectivity index (χ3v) is 3.74. The van der Waals surface area contributed by atoms with Gasteiger partial charge in [-0.2, -0.15) is 0 Å². The molecule has 0 aliphatic carbocycles. The van der Waals surface area contributed by atoms with Gasteiger partial charge in [0.05, 0.1) is 0 Å². The predicted octanol–water partition coefficient (Wildman–Crippen LogP) is 3.23. The summed E-state index contributed by atoms with van der Waals surface area (Å²) in [5.74, 6) is -0.953. The first-order chi connectivity index (χ1) is 9.97. The number of aromatic nitrogens is 1. The molecule has 0 spiro atoms. The second-order valence-electron chi connectivity index (χ2n) is 5.26. The second-order valence-corrected chi connectivity index (χ2v) is 5.26. The summed E-state index contributed by atoms with van der Waals surface area (Å²) in [5.41, 5.74) is 3.30. The van der Waals surface area contributed by atoms with Crippen molar-refractivity contribution >= 4 is 17.5 Å². The smallest absolute Gasteiger partial charge is 0.339 e. The third-order valence-electron chi connectivity index (χ3n) is 3.74. The summed E-state index contributed by atoms with van der Waals surface area (Å²) in [4.78, 5) is 17.7. The van der Waals surface area contributed by atoms with E-state index in [0.29, 0.717) is 23.6 Å². The van der Waals surface area contributed by atoms with Crippen LogP contribution in [-0.4, -0.2) is 22.6 Å². The van der Waals surface area contributed by atoms with E-state index in [9.17, 15) is 14.3 Å². The summed E-state index contributed by atoms with van der Waals surface area (Å²) >= 11 is 0. The first-order valence-electron chi connectivity index (χ1n) is 6.75. The van der Waals surface area contributed by atoms with Crippen molar-refractivity contribution in [2.24, 2.45) is 0 Å². The Hall–Kier alpha value is -2.43. The van der Waals surface area contributed by atoms with Gasteiger partial charge in [0, 0.05) is 17.9 Å². The molecule has 0 saturated heterocycles. The molecule has 0 bridgehead atoms. The monoisotopic (exact) mass is 286 g/mol. The van der Waals surface area contributed by atoms with Gasteiger partial charge < -0.3 is 10.0 Å². The van der Waals surface area contributed by atoms with Crippen molar-refractivity contribution in [3.63, 3.8) is 0 Å². The molecule has 5 heteroatoms. The highest BCUT2D eigenvalue weighted by Crippen LogP contribution is 2.36. The molecule has 2 heterocycles. The van der Waals surface area contributed by atoms with Gasteiger partial charge in [0.25, 0.3) is 0 Å². The van der Waals surface area contributed by atoms with Crippen LogP contribution < -0.4 is 4.90 Å². The lowest BCUT2D eigenvalue weighted by molar-refractivity contribution is 0.0696. The van der Waals surface area contributed by atoms with E-state index in [-0.39, 0.29) is 11.4 Å². The molecule has 1 aliphatic heterocycles. The number of halogens is 1. The van der Waals surface area contributed by atoms with Gasteiger partial charge in [-0.05, 0) is 49.6 Å². The van der Waals surface area contributed by atoms with Crippen molar-refractivity contribution < 1.29 is 14.3 Å². The van der Waals surface area contributed by atoms with Gasteiger partial charge in [0.2, 0.25) is 0 Å². The van der Waals surface area contributed by atoms with Crippen LogP contribution in [0.15, 0.2) is 24.3 Å². The Balaban J connectivity index is 2.19. The van der Waals surface area contributed by atoms with Gasteiger partial charge in [-0.25, -0.2) is 14.2 Å². The minimum Gasteiger partial charge on any atom is -0.478 e. The number of hydrogen-bond acceptors (Lipinski definition) is 3. The average Bonchev–Trinajstić information content (AvgIpc) is 2.79. The molecule has 1 aromatic heterocycles. The number of carboxylic acids is 1. The zero-order valence-corrected chi connectivity index (χ0v) is 11.9. The first-order valence-corrected chi connectivity index (χ1v) is 6.75. The zero-order valence-electron chi connectivity index (χ0n) is 11.9. The largest absolute Gasteiger partial charge is 0.478 e. The maximum Gasteiger partial charge on any atom is 0.339 e. The van der Waals surface area contributed by atoms with E-state index in [1.807, 2.05) is 6.92 Å². The Bertz CT molecular complexity index is 743. The Morgan fingerprint density at radius 1 is 1.33 bits per heavy atom. The number of aryl methyl sites for hydroxylation is 2. The van der Waals surface area contributed by atoms with Crippen LogP contribution in [-0.2, 0) is 6.42 Å². The van der Waals surface area contributed by atoms with Crippen LogP contribution in [0.4, 0.5) is 15.9 Å². The standard InChI is InChI=1S/C16H15FN2O2/c1-9-7-10(2)18-15(14(9)16(20)21)19-6-5-11-3-4-12(17)8-13(11)19/h3-4,7-8H,5-6H2,1-2H3,(H,20,21). The van der Waals surface area contributed by atoms with Gasteiger partial charge in [-0.15, -0.1) is 0 Å². The Morgan fingerprint density at radius 3 is 2.81 bits per heavy atom. The number of rotatable bonds is 2. The number of aromatic carboxylic acids is 1. The number of anilines is 2. The lowest BCUT2D eigenvalue weighted by Gasteiger charge is -2.22. The van der Waals surface area contributed by atoms with Gasteiger partial charge in [0.15, 0.2) is 0 Å². The molecular formula is C16H15FN2O2. The normalized spacial score (nSPS) is 13.4. The molecule has 108 valence electrons. The molecule has 2 aromatic rings. The summed E-state index contributed by atoms with van der Waals surface area (Å²) in [7, 11) is 0. The van der Waals surface area contributed by atoms with Crippen molar-refractivity contribution in [3.05, 3.63) is 52.5 Å². The van der Waals surface area contributed by atoms with Crippen molar-refractivity contribution in [2.75, 3.05) is 11.4 Å². The molecule has 0 amide bonds. The summed E-state index contributed by atoms with van der Waals surface area (Å²) in [6.07, 6.45) is 0.753. The van der Waals surface area contributed by atoms with Crippen LogP contribution in [0.3, 0.4) is 0 Å². The molecule has 4 nitrogen and oxygen atoms in total. The molecule has 1 aliphatic rings. The van der Waals surface area contributed by atoms with Crippen LogP contribution in [0.2, 0.25) is 0 Å². The second kappa shape index (κ2) is 4.84. The van der Waals surface area contributed by atoms with Gasteiger partial charge in [-0.3, -0.25) is 0 Å². The fraction of sp³-hybridized carbons (Fsp3) is 0.250. The Morgan fingerprint density at radius 2 is 2.10 bits per heavy atom. The lowest BCUT2D eigenvalue weighted by Crippen LogP contribution is -2.20. The summed E-state index contributed by atoms with van der Waals surface area (Å²) < 4.78 is 13.5. The van der Waals surface area contributed by atoms with Crippen LogP contribution in [0.1, 0.15) is 27.2 Å². The zero-order chi connectivity index (χ0) is 15.1. The van der Waals surface area contributed by atoms with Gasteiger partial charge in [0.1, 0.15) is 17.2 Å². The van der Waals surface area contributed by atoms with E-state index in [4.69, 9.17) is 0 Å². The number of fused-ring (bicyclic) bond motifs is 1. The van der Waals surface area contributed by atoms with Gasteiger partial charge >= 0.3 is 5.97 Å². The summed E-state index contributed by atoms with van der Waals surface area (Å²) in [6.45, 7) is 4.18. The number of hydrogen-bond donors (Lipinski definition) is 1. The first kappa shape index (κ1) is 13.5. The molecular weight excluding hydrogens is 271 g/mol. The molecule has 0 saturated carbocycles. The fourth-order valence-electron chi connectivity index (χ4n) is 2.85. The predicted molar refractivity (Wildman–Crippen MR) is 77.8 cm³/mol. The van der Waals surface area contributed by atoms with Crippen LogP contribution >= 0.6 is 0 Å². The van der Waals surface area contributed by atoms with Crippen molar-refractivity contribution in [1.82, 2.24) is 4.98 Å². The van der Waals surface area contributed by atoms with E-state index in [1.54, 1.807) is 24.0 Å². The highest BCUT2D eigenvalue weighted by atomic mass is 19.1. The average molecular weight is 286 g/mol. The maximum atomic E-state index is 13.5. The number of benzene rings is 1. The molecule has 21 heavy (non-hydrogen) atoms. The fourth-order valence-corrected chi connectivity index (χ4v) is 2.85. The minimum absolute atomic E-state index is 0.178. The SMILES string of the molecule is Cc1cc(C)c(C(=O)O)c(N2CCc3ccc(F)cc32)n1. The van der Waals surface area contributed by atoms with E-state index < -0.39 is 5.97 Å². The number of carboxylic acid groups (broad SMARTS) is 1. The third kappa shape index (κ3) is 2.24. The molecule has 1 N–H and O–H groups in total. The Kier molecular flexibility index (Phi) is 3.12. The van der Waals surface area contributed by atoms with E-state index in [1.165, 1.54) is 12.1 Å². The maximum absolute atomic E-state index is 13.5. The lowest BCUT2D eigenvalue weighted by atomic mass is 10.1. The van der Waals surface area contributed by atoms with Crippen LogP contribution in [0.5, 0.6) is 0 Å². The molecule has 0 atom stereocenters. The topological polar surface area (TPSA) is 53.4 Å². The van der Waals surface area contributed by atoms with E-state index >= 15 is 0 Å². The Labute approximate surface area is 121 Å². The van der Waals surface area contributed by atoms with E-state index in [2.05, 4.69) is 4.98 Å². The summed E-state index contributed by atoms with van der Waals surface area (Å²) in [5, 5.41) is 9.46. The highest BCUT2D eigenvalue weighted by molar-refractivity contribution is 5.96. The molecule has 0 unspecified atom stereocenters. The molecule has 3 rings (SSSR count). The van der Waals surface area contributed by atoms with Crippen molar-refractivity contribution in [2.45, 2.75) is 20.3 Å². The highest BCUT2D eigenvalue weighted by Gasteiger charge is 2.27. The molecule has 0 radical (unpaired) electrons. The van der Waals surface area contributed by atoms with Gasteiger partial charge in [-0.1, -0.05) is 6.07 Å². The summed E-state index contributed by atoms with van der Waals surface area (Å²) in [6, 6.07) is 6.35. The van der Waals surface area contributed by atoms with E-state index in [0.717, 1.165) is 17.7 Å². The van der Waals surface area contributed by atoms with Crippen molar-refractivity contribution in [1.29, 1.82) is 0 Å².